The maximum atomic E-state index is 12.5. The summed E-state index contributed by atoms with van der Waals surface area (Å²) in [7, 11) is 0. The number of fused-ring (bicyclic) bond motifs is 1. The van der Waals surface area contributed by atoms with E-state index in [2.05, 4.69) is 34.7 Å². The Kier molecular flexibility index (Phi) is 5.07. The molecule has 5 heteroatoms. The summed E-state index contributed by atoms with van der Waals surface area (Å²) in [4.78, 5) is 12.5. The van der Waals surface area contributed by atoms with Crippen molar-refractivity contribution in [3.05, 3.63) is 47.2 Å². The highest BCUT2D eigenvalue weighted by Gasteiger charge is 2.25. The molecular weight excluding hydrogens is 326 g/mol. The number of carbonyl (C=O) groups excluding carboxylic acids is 1. The van der Waals surface area contributed by atoms with Gasteiger partial charge in [-0.25, -0.2) is 4.68 Å². The number of rotatable bonds is 5. The molecule has 0 radical (unpaired) electrons. The van der Waals surface area contributed by atoms with Crippen molar-refractivity contribution in [3.8, 4) is 0 Å². The Morgan fingerprint density at radius 2 is 2.19 bits per heavy atom. The minimum absolute atomic E-state index is 0.0504. The van der Waals surface area contributed by atoms with Crippen molar-refractivity contribution in [1.82, 2.24) is 9.78 Å². The van der Waals surface area contributed by atoms with E-state index in [-0.39, 0.29) is 18.1 Å². The molecule has 1 N–H and O–H groups in total. The van der Waals surface area contributed by atoms with E-state index in [1.165, 1.54) is 11.1 Å². The van der Waals surface area contributed by atoms with Gasteiger partial charge in [0.25, 0.3) is 0 Å². The molecule has 1 aliphatic heterocycles. The lowest BCUT2D eigenvalue weighted by Crippen LogP contribution is -2.23. The highest BCUT2D eigenvalue weighted by molar-refractivity contribution is 5.90. The predicted octanol–water partition coefficient (Wildman–Crippen LogP) is 4.01. The van der Waals surface area contributed by atoms with Gasteiger partial charge in [-0.05, 0) is 56.6 Å². The van der Waals surface area contributed by atoms with Crippen molar-refractivity contribution in [2.75, 3.05) is 11.9 Å². The number of aromatic nitrogens is 2. The number of nitrogens with one attached hydrogen (secondary N) is 1. The summed E-state index contributed by atoms with van der Waals surface area (Å²) >= 11 is 0. The van der Waals surface area contributed by atoms with Crippen LogP contribution in [-0.4, -0.2) is 28.4 Å². The molecule has 2 aromatic rings. The van der Waals surface area contributed by atoms with E-state index in [4.69, 9.17) is 4.74 Å². The first-order valence-corrected chi connectivity index (χ1v) is 9.76. The molecule has 4 rings (SSSR count). The van der Waals surface area contributed by atoms with Crippen LogP contribution in [0.3, 0.4) is 0 Å². The Hall–Kier alpha value is -2.14. The number of carbonyl (C=O) groups is 1. The van der Waals surface area contributed by atoms with E-state index in [0.29, 0.717) is 6.42 Å². The summed E-state index contributed by atoms with van der Waals surface area (Å²) in [6, 6.07) is 8.79. The first-order chi connectivity index (χ1) is 12.7. The minimum Gasteiger partial charge on any atom is -0.378 e. The molecule has 1 aliphatic carbocycles. The Morgan fingerprint density at radius 1 is 1.31 bits per heavy atom. The summed E-state index contributed by atoms with van der Waals surface area (Å²) < 4.78 is 7.63. The van der Waals surface area contributed by atoms with Gasteiger partial charge < -0.3 is 10.1 Å². The molecule has 138 valence electrons. The Bertz CT molecular complexity index is 777. The van der Waals surface area contributed by atoms with Crippen LogP contribution in [-0.2, 0) is 16.0 Å². The number of hydrogen-bond donors (Lipinski definition) is 1. The molecule has 2 heterocycles. The number of nitrogens with zero attached hydrogens (tertiary/aromatic N) is 2. The zero-order valence-corrected chi connectivity index (χ0v) is 15.4. The van der Waals surface area contributed by atoms with Crippen molar-refractivity contribution in [3.63, 3.8) is 0 Å². The van der Waals surface area contributed by atoms with Crippen LogP contribution in [0.4, 0.5) is 5.82 Å². The van der Waals surface area contributed by atoms with Crippen LogP contribution in [0.25, 0.3) is 0 Å². The van der Waals surface area contributed by atoms with Crippen LogP contribution in [0.2, 0.25) is 0 Å². The minimum atomic E-state index is 0.0504. The van der Waals surface area contributed by atoms with Crippen LogP contribution in [0, 0.1) is 6.92 Å². The maximum Gasteiger partial charge on any atom is 0.225 e. The number of anilines is 1. The fourth-order valence-electron chi connectivity index (χ4n) is 4.18. The average molecular weight is 353 g/mol. The number of ether oxygens (including phenoxy) is 1. The largest absolute Gasteiger partial charge is 0.378 e. The van der Waals surface area contributed by atoms with Crippen molar-refractivity contribution in [1.29, 1.82) is 0 Å². The van der Waals surface area contributed by atoms with Gasteiger partial charge in [-0.15, -0.1) is 0 Å². The van der Waals surface area contributed by atoms with Crippen LogP contribution < -0.4 is 5.32 Å². The van der Waals surface area contributed by atoms with Crippen LogP contribution in [0.1, 0.15) is 61.3 Å². The third-order valence-electron chi connectivity index (χ3n) is 5.59. The Balaban J connectivity index is 1.50. The third-order valence-corrected chi connectivity index (χ3v) is 5.59. The normalized spacial score (nSPS) is 22.2. The quantitative estimate of drug-likeness (QED) is 0.883. The summed E-state index contributed by atoms with van der Waals surface area (Å²) in [5.41, 5.74) is 3.74. The van der Waals surface area contributed by atoms with E-state index < -0.39 is 0 Å². The standard InChI is InChI=1S/C21H27N3O2/c1-15-14-22-24(19-10-4-7-16-6-2-3-9-18(16)19)21(15)23-20(25)12-11-17-8-5-13-26-17/h2-3,6,9,14,17,19H,4-5,7-8,10-13H2,1H3,(H,23,25)/t17-,19-/m1/s1. The van der Waals surface area contributed by atoms with Gasteiger partial charge in [-0.3, -0.25) is 4.79 Å². The van der Waals surface area contributed by atoms with Gasteiger partial charge in [-0.1, -0.05) is 24.3 Å². The average Bonchev–Trinajstić information content (AvgIpc) is 3.30. The second-order valence-electron chi connectivity index (χ2n) is 7.45. The lowest BCUT2D eigenvalue weighted by atomic mass is 9.88. The molecule has 1 amide bonds. The summed E-state index contributed by atoms with van der Waals surface area (Å²) in [5, 5.41) is 7.72. The molecule has 5 nitrogen and oxygen atoms in total. The molecule has 0 saturated carbocycles. The Morgan fingerprint density at radius 3 is 3.04 bits per heavy atom. The number of hydrogen-bond acceptors (Lipinski definition) is 3. The number of aryl methyl sites for hydroxylation is 2. The molecule has 2 aliphatic rings. The van der Waals surface area contributed by atoms with E-state index >= 15 is 0 Å². The molecule has 0 spiro atoms. The summed E-state index contributed by atoms with van der Waals surface area (Å²) in [5.74, 6) is 0.887. The predicted molar refractivity (Wildman–Crippen MR) is 101 cm³/mol. The SMILES string of the molecule is Cc1cnn([C@@H]2CCCc3ccccc32)c1NC(=O)CC[C@H]1CCCO1. The van der Waals surface area contributed by atoms with Gasteiger partial charge in [0.2, 0.25) is 5.91 Å². The zero-order chi connectivity index (χ0) is 17.9. The number of amides is 1. The zero-order valence-electron chi connectivity index (χ0n) is 15.4. The van der Waals surface area contributed by atoms with E-state index in [1.54, 1.807) is 0 Å². The summed E-state index contributed by atoms with van der Waals surface area (Å²) in [6.07, 6.45) is 8.90. The van der Waals surface area contributed by atoms with Crippen molar-refractivity contribution >= 4 is 11.7 Å². The first kappa shape index (κ1) is 17.3. The van der Waals surface area contributed by atoms with Crippen molar-refractivity contribution in [2.24, 2.45) is 0 Å². The van der Waals surface area contributed by atoms with Crippen LogP contribution in [0.15, 0.2) is 30.5 Å². The monoisotopic (exact) mass is 353 g/mol. The molecule has 0 bridgehead atoms. The van der Waals surface area contributed by atoms with Crippen LogP contribution >= 0.6 is 0 Å². The highest BCUT2D eigenvalue weighted by atomic mass is 16.5. The lowest BCUT2D eigenvalue weighted by molar-refractivity contribution is -0.116. The van der Waals surface area contributed by atoms with Crippen molar-refractivity contribution in [2.45, 2.75) is 64.0 Å². The van der Waals surface area contributed by atoms with Gasteiger partial charge in [-0.2, -0.15) is 5.10 Å². The molecule has 2 atom stereocenters. The smallest absolute Gasteiger partial charge is 0.225 e. The van der Waals surface area contributed by atoms with Gasteiger partial charge >= 0.3 is 0 Å². The third kappa shape index (κ3) is 3.54. The first-order valence-electron chi connectivity index (χ1n) is 9.76. The molecule has 1 aromatic carbocycles. The molecular formula is C21H27N3O2. The van der Waals surface area contributed by atoms with E-state index in [9.17, 15) is 4.79 Å². The van der Waals surface area contributed by atoms with Crippen LogP contribution in [0.5, 0.6) is 0 Å². The van der Waals surface area contributed by atoms with Gasteiger partial charge in [0, 0.05) is 18.6 Å². The van der Waals surface area contributed by atoms with E-state index in [0.717, 1.165) is 56.5 Å². The second-order valence-corrected chi connectivity index (χ2v) is 7.45. The second kappa shape index (κ2) is 7.62. The molecule has 1 aromatic heterocycles. The topological polar surface area (TPSA) is 56.2 Å². The number of benzene rings is 1. The summed E-state index contributed by atoms with van der Waals surface area (Å²) in [6.45, 7) is 2.84. The molecule has 0 unspecified atom stereocenters. The van der Waals surface area contributed by atoms with Crippen molar-refractivity contribution < 1.29 is 9.53 Å². The van der Waals surface area contributed by atoms with Gasteiger partial charge in [0.05, 0.1) is 18.3 Å². The van der Waals surface area contributed by atoms with E-state index in [1.807, 2.05) is 17.8 Å². The lowest BCUT2D eigenvalue weighted by Gasteiger charge is -2.27. The molecule has 1 saturated heterocycles. The molecule has 1 fully saturated rings. The Labute approximate surface area is 154 Å². The fourth-order valence-corrected chi connectivity index (χ4v) is 4.18. The highest BCUT2D eigenvalue weighted by Crippen LogP contribution is 2.35. The fraction of sp³-hybridized carbons (Fsp3) is 0.524. The maximum absolute atomic E-state index is 12.5. The van der Waals surface area contributed by atoms with Gasteiger partial charge in [0.15, 0.2) is 0 Å². The molecule has 26 heavy (non-hydrogen) atoms. The van der Waals surface area contributed by atoms with Gasteiger partial charge in [0.1, 0.15) is 5.82 Å².